The van der Waals surface area contributed by atoms with Gasteiger partial charge in [0.1, 0.15) is 30.5 Å². The van der Waals surface area contributed by atoms with Gasteiger partial charge in [0.15, 0.2) is 6.29 Å². The molecule has 4 N–H and O–H groups in total. The minimum atomic E-state index is -5.07. The van der Waals surface area contributed by atoms with Crippen LogP contribution in [0.15, 0.2) is 72.9 Å². The third-order valence-corrected chi connectivity index (χ3v) is 14.8. The first-order valence-electron chi connectivity index (χ1n) is 31.7. The third-order valence-electron chi connectivity index (χ3n) is 14.3. The van der Waals surface area contributed by atoms with Gasteiger partial charge in [0.05, 0.1) is 19.8 Å². The quantitative estimate of drug-likeness (QED) is 0.0196. The van der Waals surface area contributed by atoms with Crippen LogP contribution in [-0.4, -0.2) is 97.5 Å². The molecule has 6 atom stereocenters. The Hall–Kier alpha value is -2.46. The Labute approximate surface area is 477 Å². The molecule has 454 valence electrons. The van der Waals surface area contributed by atoms with E-state index < -0.39 is 59.8 Å². The van der Waals surface area contributed by atoms with Crippen LogP contribution >= 0.6 is 0 Å². The van der Waals surface area contributed by atoms with Gasteiger partial charge in [0, 0.05) is 13.0 Å². The van der Waals surface area contributed by atoms with Crippen LogP contribution in [0.25, 0.3) is 0 Å². The normalized spacial score (nSPS) is 18.9. The molecule has 0 aliphatic carbocycles. The van der Waals surface area contributed by atoms with Crippen LogP contribution in [0.4, 0.5) is 0 Å². The number of hydrogen-bond acceptors (Lipinski definition) is 11. The number of hydrogen-bond donors (Lipinski definition) is 4. The van der Waals surface area contributed by atoms with Crippen molar-refractivity contribution in [2.24, 2.45) is 0 Å². The summed E-state index contributed by atoms with van der Waals surface area (Å²) in [5.41, 5.74) is 0. The number of carbonyl (C=O) groups is 1. The fourth-order valence-corrected chi connectivity index (χ4v) is 10.0. The van der Waals surface area contributed by atoms with Crippen LogP contribution in [0.5, 0.6) is 0 Å². The van der Waals surface area contributed by atoms with Crippen molar-refractivity contribution in [3.05, 3.63) is 72.9 Å². The van der Waals surface area contributed by atoms with E-state index in [-0.39, 0.29) is 19.6 Å². The Balaban J connectivity index is 2.27. The summed E-state index contributed by atoms with van der Waals surface area (Å²) in [6, 6.07) is 0. The van der Waals surface area contributed by atoms with E-state index in [1.165, 1.54) is 173 Å². The molecule has 0 aromatic carbocycles. The summed E-state index contributed by atoms with van der Waals surface area (Å²) in [4.78, 5) is 13.0. The molecule has 0 amide bonds. The number of esters is 1. The summed E-state index contributed by atoms with van der Waals surface area (Å²) in [5, 5.41) is 30.9. The van der Waals surface area contributed by atoms with Crippen LogP contribution in [0, 0.1) is 0 Å². The second-order valence-electron chi connectivity index (χ2n) is 21.6. The van der Waals surface area contributed by atoms with Crippen molar-refractivity contribution >= 4 is 16.4 Å². The summed E-state index contributed by atoms with van der Waals surface area (Å²) in [5.74, 6) is -0.403. The van der Waals surface area contributed by atoms with Crippen LogP contribution in [0.2, 0.25) is 0 Å². The molecule has 78 heavy (non-hydrogen) atoms. The van der Waals surface area contributed by atoms with E-state index in [1.54, 1.807) is 0 Å². The van der Waals surface area contributed by atoms with E-state index in [2.05, 4.69) is 90.9 Å². The zero-order chi connectivity index (χ0) is 56.7. The summed E-state index contributed by atoms with van der Waals surface area (Å²) in [6.45, 7) is 3.99. The van der Waals surface area contributed by atoms with Gasteiger partial charge in [-0.05, 0) is 89.9 Å². The first kappa shape index (κ1) is 73.6. The largest absolute Gasteiger partial charge is 0.457 e. The molecule has 1 heterocycles. The minimum Gasteiger partial charge on any atom is -0.457 e. The highest BCUT2D eigenvalue weighted by atomic mass is 32.3. The molecule has 0 spiro atoms. The van der Waals surface area contributed by atoms with Gasteiger partial charge in [0.2, 0.25) is 0 Å². The molecule has 13 heteroatoms. The van der Waals surface area contributed by atoms with Crippen molar-refractivity contribution in [3.63, 3.8) is 0 Å². The van der Waals surface area contributed by atoms with E-state index in [0.717, 1.165) is 70.6 Å². The van der Waals surface area contributed by atoms with Crippen molar-refractivity contribution in [3.8, 4) is 0 Å². The topological polar surface area (TPSA) is 178 Å². The highest BCUT2D eigenvalue weighted by Gasteiger charge is 2.48. The van der Waals surface area contributed by atoms with Crippen LogP contribution < -0.4 is 0 Å². The first-order valence-corrected chi connectivity index (χ1v) is 33.1. The first-order chi connectivity index (χ1) is 38.1. The number of unbranched alkanes of at least 4 members (excludes halogenated alkanes) is 31. The predicted molar refractivity (Wildman–Crippen MR) is 322 cm³/mol. The van der Waals surface area contributed by atoms with E-state index in [1.807, 2.05) is 0 Å². The Morgan fingerprint density at radius 2 is 0.846 bits per heavy atom. The zero-order valence-corrected chi connectivity index (χ0v) is 50.3. The third kappa shape index (κ3) is 47.2. The average Bonchev–Trinajstić information content (AvgIpc) is 3.42. The number of ether oxygens (including phenoxy) is 4. The highest BCUT2D eigenvalue weighted by Crippen LogP contribution is 2.26. The predicted octanol–water partition coefficient (Wildman–Crippen LogP) is 16.5. The second kappa shape index (κ2) is 55.1. The lowest BCUT2D eigenvalue weighted by Gasteiger charge is -2.41. The molecule has 1 rings (SSSR count). The maximum Gasteiger partial charge on any atom is 0.397 e. The minimum absolute atomic E-state index is 0.0303. The fourth-order valence-electron chi connectivity index (χ4n) is 9.51. The highest BCUT2D eigenvalue weighted by molar-refractivity contribution is 7.80. The molecule has 0 aromatic rings. The van der Waals surface area contributed by atoms with Crippen molar-refractivity contribution in [1.29, 1.82) is 0 Å². The molecular weight excluding hydrogens is 1000 g/mol. The van der Waals surface area contributed by atoms with E-state index in [4.69, 9.17) is 18.9 Å². The number of aliphatic hydroxyl groups excluding tert-OH is 3. The number of allylic oxidation sites excluding steroid dienone is 12. The number of rotatable bonds is 56. The molecule has 6 unspecified atom stereocenters. The SMILES string of the molecule is CCCCCCC/C=C\C/C=C\C/C=C\CCCCCCCCCCCCCOCC(COC1OC(CO)C(O)C(OS(=O)(=O)O)C1O)OC(=O)CCCCCCCCCCCC/C=C\C/C=C\C/C=C\CCCCCCC. The molecule has 1 aliphatic heterocycles. The van der Waals surface area contributed by atoms with Gasteiger partial charge >= 0.3 is 16.4 Å². The standard InChI is InChI=1S/C65H116O12S/c1-3-5-7-9-11-13-15-17-19-21-23-25-27-29-31-33-35-37-39-41-43-45-47-49-51-53-55-73-57-59(58-74-65-63(69)64(77-78(70,71)72)62(68)60(56-66)76-65)75-61(67)54-52-50-48-46-44-42-40-38-36-34-32-30-28-26-24-22-20-18-16-14-12-10-8-6-4-2/h15-18,21-24,27-30,59-60,62-66,68-69H,3-14,19-20,25-26,31-58H2,1-2H3,(H,70,71,72)/b17-15-,18-16-,23-21-,24-22-,29-27-,30-28-. The van der Waals surface area contributed by atoms with Crippen LogP contribution in [0.1, 0.15) is 271 Å². The maximum atomic E-state index is 13.0. The Morgan fingerprint density at radius 1 is 0.487 bits per heavy atom. The van der Waals surface area contributed by atoms with Crippen LogP contribution in [0.3, 0.4) is 0 Å². The van der Waals surface area contributed by atoms with Crippen LogP contribution in [-0.2, 0) is 38.3 Å². The van der Waals surface area contributed by atoms with E-state index >= 15 is 0 Å². The smallest absolute Gasteiger partial charge is 0.397 e. The van der Waals surface area contributed by atoms with Gasteiger partial charge in [-0.1, -0.05) is 247 Å². The number of carbonyl (C=O) groups excluding carboxylic acids is 1. The molecule has 1 aliphatic rings. The van der Waals surface area contributed by atoms with Gasteiger partial charge in [-0.2, -0.15) is 8.42 Å². The molecule has 1 saturated heterocycles. The average molecular weight is 1120 g/mol. The Kier molecular flexibility index (Phi) is 52.0. The molecule has 0 radical (unpaired) electrons. The lowest BCUT2D eigenvalue weighted by Crippen LogP contribution is -2.60. The van der Waals surface area contributed by atoms with Gasteiger partial charge < -0.3 is 34.3 Å². The van der Waals surface area contributed by atoms with Crippen molar-refractivity contribution in [2.45, 2.75) is 307 Å². The van der Waals surface area contributed by atoms with Crippen molar-refractivity contribution in [1.82, 2.24) is 0 Å². The maximum absolute atomic E-state index is 13.0. The summed E-state index contributed by atoms with van der Waals surface area (Å²) < 4.78 is 59.6. The van der Waals surface area contributed by atoms with Gasteiger partial charge in [0.25, 0.3) is 0 Å². The Bertz CT molecular complexity index is 1630. The van der Waals surface area contributed by atoms with E-state index in [0.29, 0.717) is 13.0 Å². The molecule has 0 aromatic heterocycles. The molecular formula is C65H116O12S. The lowest BCUT2D eigenvalue weighted by atomic mass is 9.99. The van der Waals surface area contributed by atoms with Gasteiger partial charge in [-0.15, -0.1) is 0 Å². The number of aliphatic hydroxyl groups is 3. The lowest BCUT2D eigenvalue weighted by molar-refractivity contribution is -0.301. The zero-order valence-electron chi connectivity index (χ0n) is 49.5. The summed E-state index contributed by atoms with van der Waals surface area (Å²) in [6.07, 6.45) is 65.1. The second-order valence-corrected chi connectivity index (χ2v) is 22.7. The molecule has 0 saturated carbocycles. The summed E-state index contributed by atoms with van der Waals surface area (Å²) in [7, 11) is -5.07. The summed E-state index contributed by atoms with van der Waals surface area (Å²) >= 11 is 0. The van der Waals surface area contributed by atoms with Crippen molar-refractivity contribution in [2.75, 3.05) is 26.4 Å². The van der Waals surface area contributed by atoms with Gasteiger partial charge in [-0.3, -0.25) is 9.35 Å². The van der Waals surface area contributed by atoms with Crippen molar-refractivity contribution < 1.29 is 56.2 Å². The Morgan fingerprint density at radius 3 is 1.23 bits per heavy atom. The monoisotopic (exact) mass is 1120 g/mol. The molecule has 0 bridgehead atoms. The van der Waals surface area contributed by atoms with E-state index in [9.17, 15) is 33.1 Å². The molecule has 1 fully saturated rings. The van der Waals surface area contributed by atoms with Gasteiger partial charge in [-0.25, -0.2) is 4.18 Å². The molecule has 12 nitrogen and oxygen atoms in total. The fraction of sp³-hybridized carbons (Fsp3) is 0.800.